The predicted octanol–water partition coefficient (Wildman–Crippen LogP) is 3.96. The van der Waals surface area contributed by atoms with Gasteiger partial charge in [-0.3, -0.25) is 0 Å². The second kappa shape index (κ2) is 5.44. The van der Waals surface area contributed by atoms with E-state index < -0.39 is 0 Å². The van der Waals surface area contributed by atoms with Crippen molar-refractivity contribution in [3.63, 3.8) is 0 Å². The lowest BCUT2D eigenvalue weighted by molar-refractivity contribution is 0.358. The van der Waals surface area contributed by atoms with Crippen LogP contribution in [-0.4, -0.2) is 12.6 Å². The van der Waals surface area contributed by atoms with Crippen LogP contribution in [0.4, 0.5) is 0 Å². The Hall–Kier alpha value is -0.820. The summed E-state index contributed by atoms with van der Waals surface area (Å²) < 4.78 is 0. The molecule has 2 aliphatic carbocycles. The Kier molecular flexibility index (Phi) is 3.69. The molecule has 1 nitrogen and oxygen atoms in total. The van der Waals surface area contributed by atoms with Crippen LogP contribution < -0.4 is 5.32 Å². The molecule has 2 saturated carbocycles. The van der Waals surface area contributed by atoms with Crippen molar-refractivity contribution in [2.45, 2.75) is 51.0 Å². The van der Waals surface area contributed by atoms with Crippen LogP contribution in [0.2, 0.25) is 0 Å². The minimum absolute atomic E-state index is 0.809. The molecule has 1 N–H and O–H groups in total. The van der Waals surface area contributed by atoms with E-state index in [1.165, 1.54) is 38.6 Å². The molecular weight excluding hydrogens is 218 g/mol. The van der Waals surface area contributed by atoms with Crippen LogP contribution >= 0.6 is 0 Å². The molecule has 1 aromatic rings. The van der Waals surface area contributed by atoms with Crippen molar-refractivity contribution in [1.29, 1.82) is 0 Å². The first-order chi connectivity index (χ1) is 8.90. The third-order valence-electron chi connectivity index (χ3n) is 4.84. The molecule has 0 radical (unpaired) electrons. The molecule has 2 fully saturated rings. The Bertz CT molecular complexity index is 372. The van der Waals surface area contributed by atoms with Crippen LogP contribution in [-0.2, 0) is 0 Å². The van der Waals surface area contributed by atoms with Crippen molar-refractivity contribution >= 4 is 0 Å². The Morgan fingerprint density at radius 2 is 1.94 bits per heavy atom. The van der Waals surface area contributed by atoms with Gasteiger partial charge in [-0.15, -0.1) is 0 Å². The Labute approximate surface area is 111 Å². The largest absolute Gasteiger partial charge is 0.314 e. The summed E-state index contributed by atoms with van der Waals surface area (Å²) in [5.74, 6) is 2.77. The van der Waals surface area contributed by atoms with Crippen molar-refractivity contribution in [2.24, 2.45) is 11.8 Å². The monoisotopic (exact) mass is 243 g/mol. The zero-order valence-electron chi connectivity index (χ0n) is 11.4. The van der Waals surface area contributed by atoms with E-state index in [0.29, 0.717) is 0 Å². The molecule has 98 valence electrons. The summed E-state index contributed by atoms with van der Waals surface area (Å²) in [5, 5.41) is 3.77. The van der Waals surface area contributed by atoms with Crippen LogP contribution in [0.1, 0.15) is 50.5 Å². The highest BCUT2D eigenvalue weighted by molar-refractivity contribution is 5.26. The highest BCUT2D eigenvalue weighted by Crippen LogP contribution is 2.55. The van der Waals surface area contributed by atoms with E-state index in [-0.39, 0.29) is 0 Å². The summed E-state index contributed by atoms with van der Waals surface area (Å²) in [4.78, 5) is 0. The molecule has 0 saturated heterocycles. The Morgan fingerprint density at radius 3 is 2.72 bits per heavy atom. The zero-order chi connectivity index (χ0) is 12.4. The van der Waals surface area contributed by atoms with Gasteiger partial charge < -0.3 is 5.32 Å². The fourth-order valence-electron chi connectivity index (χ4n) is 3.86. The second-order valence-electron chi connectivity index (χ2n) is 6.07. The van der Waals surface area contributed by atoms with Crippen LogP contribution in [0.5, 0.6) is 0 Å². The van der Waals surface area contributed by atoms with E-state index in [1.54, 1.807) is 5.56 Å². The summed E-state index contributed by atoms with van der Waals surface area (Å²) in [7, 11) is 0. The SMILES string of the molecule is CCCNC1CCCC1C1CC1c1ccccc1. The highest BCUT2D eigenvalue weighted by atomic mass is 14.9. The zero-order valence-corrected chi connectivity index (χ0v) is 11.4. The van der Waals surface area contributed by atoms with Gasteiger partial charge >= 0.3 is 0 Å². The summed E-state index contributed by atoms with van der Waals surface area (Å²) in [6, 6.07) is 11.9. The Balaban J connectivity index is 1.60. The van der Waals surface area contributed by atoms with Gasteiger partial charge in [0.2, 0.25) is 0 Å². The van der Waals surface area contributed by atoms with E-state index in [0.717, 1.165) is 23.8 Å². The standard InChI is InChI=1S/C17H25N/c1-2-11-18-17-10-6-9-14(17)16-12-15(16)13-7-4-3-5-8-13/h3-5,7-8,14-18H,2,6,9-12H2,1H3. The van der Waals surface area contributed by atoms with E-state index in [2.05, 4.69) is 42.6 Å². The van der Waals surface area contributed by atoms with E-state index in [1.807, 2.05) is 0 Å². The molecular formula is C17H25N. The van der Waals surface area contributed by atoms with Gasteiger partial charge in [-0.25, -0.2) is 0 Å². The predicted molar refractivity (Wildman–Crippen MR) is 76.7 cm³/mol. The first-order valence-corrected chi connectivity index (χ1v) is 7.68. The molecule has 1 aromatic carbocycles. The van der Waals surface area contributed by atoms with Crippen molar-refractivity contribution in [3.05, 3.63) is 35.9 Å². The average molecular weight is 243 g/mol. The number of nitrogens with one attached hydrogen (secondary N) is 1. The molecule has 0 amide bonds. The third kappa shape index (κ3) is 2.47. The number of benzene rings is 1. The average Bonchev–Trinajstić information content (AvgIpc) is 3.08. The van der Waals surface area contributed by atoms with Crippen molar-refractivity contribution < 1.29 is 0 Å². The van der Waals surface area contributed by atoms with Crippen LogP contribution in [0.15, 0.2) is 30.3 Å². The van der Waals surface area contributed by atoms with Crippen LogP contribution in [0.25, 0.3) is 0 Å². The molecule has 0 aromatic heterocycles. The number of hydrogen-bond donors (Lipinski definition) is 1. The van der Waals surface area contributed by atoms with E-state index in [4.69, 9.17) is 0 Å². The molecule has 0 heterocycles. The number of rotatable bonds is 5. The lowest BCUT2D eigenvalue weighted by atomic mass is 9.94. The lowest BCUT2D eigenvalue weighted by Gasteiger charge is -2.21. The summed E-state index contributed by atoms with van der Waals surface area (Å²) in [6.07, 6.45) is 6.98. The summed E-state index contributed by atoms with van der Waals surface area (Å²) >= 11 is 0. The maximum absolute atomic E-state index is 3.77. The third-order valence-corrected chi connectivity index (χ3v) is 4.84. The van der Waals surface area contributed by atoms with Crippen molar-refractivity contribution in [2.75, 3.05) is 6.54 Å². The maximum Gasteiger partial charge on any atom is 0.00981 e. The first-order valence-electron chi connectivity index (χ1n) is 7.68. The van der Waals surface area contributed by atoms with E-state index in [9.17, 15) is 0 Å². The van der Waals surface area contributed by atoms with Crippen LogP contribution in [0, 0.1) is 11.8 Å². The van der Waals surface area contributed by atoms with Gasteiger partial charge in [-0.05, 0) is 55.5 Å². The van der Waals surface area contributed by atoms with Gasteiger partial charge in [0.05, 0.1) is 0 Å². The van der Waals surface area contributed by atoms with Gasteiger partial charge in [0, 0.05) is 6.04 Å². The van der Waals surface area contributed by atoms with E-state index >= 15 is 0 Å². The molecule has 1 heteroatoms. The molecule has 0 bridgehead atoms. The van der Waals surface area contributed by atoms with Crippen LogP contribution in [0.3, 0.4) is 0 Å². The highest BCUT2D eigenvalue weighted by Gasteiger charge is 2.47. The normalized spacial score (nSPS) is 34.7. The van der Waals surface area contributed by atoms with Gasteiger partial charge in [-0.2, -0.15) is 0 Å². The first kappa shape index (κ1) is 12.2. The molecule has 4 atom stereocenters. The minimum Gasteiger partial charge on any atom is -0.314 e. The molecule has 18 heavy (non-hydrogen) atoms. The fraction of sp³-hybridized carbons (Fsp3) is 0.647. The van der Waals surface area contributed by atoms with Crippen molar-refractivity contribution in [3.8, 4) is 0 Å². The molecule has 0 spiro atoms. The molecule has 0 aliphatic heterocycles. The second-order valence-corrected chi connectivity index (χ2v) is 6.07. The van der Waals surface area contributed by atoms with Gasteiger partial charge in [-0.1, -0.05) is 43.7 Å². The van der Waals surface area contributed by atoms with Gasteiger partial charge in [0.25, 0.3) is 0 Å². The van der Waals surface area contributed by atoms with Gasteiger partial charge in [0.15, 0.2) is 0 Å². The molecule has 3 rings (SSSR count). The van der Waals surface area contributed by atoms with Crippen molar-refractivity contribution in [1.82, 2.24) is 5.32 Å². The molecule has 4 unspecified atom stereocenters. The quantitative estimate of drug-likeness (QED) is 0.825. The lowest BCUT2D eigenvalue weighted by Crippen LogP contribution is -2.34. The Morgan fingerprint density at radius 1 is 1.11 bits per heavy atom. The minimum atomic E-state index is 0.809. The number of hydrogen-bond acceptors (Lipinski definition) is 1. The van der Waals surface area contributed by atoms with Gasteiger partial charge in [0.1, 0.15) is 0 Å². The summed E-state index contributed by atoms with van der Waals surface area (Å²) in [6.45, 7) is 3.46. The fourth-order valence-corrected chi connectivity index (χ4v) is 3.86. The molecule has 2 aliphatic rings. The summed E-state index contributed by atoms with van der Waals surface area (Å²) in [5.41, 5.74) is 1.57. The topological polar surface area (TPSA) is 12.0 Å². The maximum atomic E-state index is 3.77. The smallest absolute Gasteiger partial charge is 0.00981 e.